The molecule has 3 nitrogen and oxygen atoms in total. The molecule has 0 radical (unpaired) electrons. The van der Waals surface area contributed by atoms with Gasteiger partial charge in [0.15, 0.2) is 0 Å². The molecule has 0 atom stereocenters. The zero-order chi connectivity index (χ0) is 14.0. The van der Waals surface area contributed by atoms with Crippen molar-refractivity contribution in [3.63, 3.8) is 0 Å². The molecule has 0 aliphatic carbocycles. The number of nitrogens with one attached hydrogen (secondary N) is 1. The predicted octanol–water partition coefficient (Wildman–Crippen LogP) is 4.37. The van der Waals surface area contributed by atoms with E-state index in [2.05, 4.69) is 21.2 Å². The van der Waals surface area contributed by atoms with E-state index in [0.717, 1.165) is 10.0 Å². The van der Waals surface area contributed by atoms with Gasteiger partial charge in [-0.2, -0.15) is 0 Å². The van der Waals surface area contributed by atoms with Gasteiger partial charge in [0, 0.05) is 16.2 Å². The summed E-state index contributed by atoms with van der Waals surface area (Å²) in [5.41, 5.74) is 1.65. The smallest absolute Gasteiger partial charge is 0.257 e. The van der Waals surface area contributed by atoms with Gasteiger partial charge in [0.1, 0.15) is 5.75 Å². The molecule has 2 N–H and O–H groups in total. The molecule has 2 aromatic rings. The van der Waals surface area contributed by atoms with Crippen LogP contribution in [0.1, 0.15) is 15.9 Å². The highest BCUT2D eigenvalue weighted by Gasteiger charge is 2.11. The largest absolute Gasteiger partial charge is 0.508 e. The van der Waals surface area contributed by atoms with Gasteiger partial charge in [-0.15, -0.1) is 0 Å². The molecule has 0 spiro atoms. The van der Waals surface area contributed by atoms with Crippen molar-refractivity contribution in [3.05, 3.63) is 57.0 Å². The van der Waals surface area contributed by atoms with Gasteiger partial charge in [-0.1, -0.05) is 33.6 Å². The first-order valence-electron chi connectivity index (χ1n) is 5.53. The third kappa shape index (κ3) is 3.28. The van der Waals surface area contributed by atoms with Gasteiger partial charge in [0.2, 0.25) is 0 Å². The highest BCUT2D eigenvalue weighted by Crippen LogP contribution is 2.24. The summed E-state index contributed by atoms with van der Waals surface area (Å²) in [5, 5.41) is 12.6. The number of phenolic OH excluding ortho intramolecular Hbond substituents is 1. The number of hydrogen-bond acceptors (Lipinski definition) is 2. The summed E-state index contributed by atoms with van der Waals surface area (Å²) in [6, 6.07) is 9.99. The van der Waals surface area contributed by atoms with E-state index in [1.165, 1.54) is 6.07 Å². The minimum absolute atomic E-state index is 0.139. The average molecular weight is 341 g/mol. The fraction of sp³-hybridized carbons (Fsp3) is 0.0714. The second-order valence-electron chi connectivity index (χ2n) is 4.08. The van der Waals surface area contributed by atoms with Gasteiger partial charge in [-0.05, 0) is 36.8 Å². The number of carbonyl (C=O) groups is 1. The number of hydrogen-bond donors (Lipinski definition) is 2. The van der Waals surface area contributed by atoms with E-state index in [0.29, 0.717) is 16.3 Å². The lowest BCUT2D eigenvalue weighted by molar-refractivity contribution is 0.102. The molecular formula is C14H11BrClNO2. The minimum Gasteiger partial charge on any atom is -0.508 e. The van der Waals surface area contributed by atoms with Crippen LogP contribution in [0.5, 0.6) is 5.75 Å². The average Bonchev–Trinajstić information content (AvgIpc) is 2.33. The molecule has 1 amide bonds. The normalized spacial score (nSPS) is 10.3. The van der Waals surface area contributed by atoms with E-state index >= 15 is 0 Å². The van der Waals surface area contributed by atoms with Gasteiger partial charge in [-0.25, -0.2) is 0 Å². The molecule has 0 aliphatic heterocycles. The number of aryl methyl sites for hydroxylation is 1. The van der Waals surface area contributed by atoms with E-state index in [9.17, 15) is 9.90 Å². The number of benzene rings is 2. The van der Waals surface area contributed by atoms with Crippen LogP contribution in [0.3, 0.4) is 0 Å². The molecule has 98 valence electrons. The Morgan fingerprint density at radius 2 is 2.00 bits per heavy atom. The topological polar surface area (TPSA) is 49.3 Å². The molecule has 0 fully saturated rings. The summed E-state index contributed by atoms with van der Waals surface area (Å²) in [5.74, 6) is -0.180. The first-order chi connectivity index (χ1) is 8.97. The summed E-state index contributed by atoms with van der Waals surface area (Å²) in [6.45, 7) is 1.78. The number of carbonyl (C=O) groups excluding carboxylic acids is 1. The maximum Gasteiger partial charge on any atom is 0.257 e. The molecule has 19 heavy (non-hydrogen) atoms. The number of anilines is 1. The van der Waals surface area contributed by atoms with Crippen LogP contribution >= 0.6 is 27.5 Å². The Labute approximate surface area is 124 Å². The van der Waals surface area contributed by atoms with Crippen LogP contribution in [-0.2, 0) is 0 Å². The molecular weight excluding hydrogens is 330 g/mol. The van der Waals surface area contributed by atoms with Gasteiger partial charge in [0.05, 0.1) is 10.6 Å². The van der Waals surface area contributed by atoms with E-state index in [1.807, 2.05) is 0 Å². The van der Waals surface area contributed by atoms with E-state index in [-0.39, 0.29) is 11.7 Å². The Bertz CT molecular complexity index is 643. The van der Waals surface area contributed by atoms with Crippen molar-refractivity contribution in [2.75, 3.05) is 5.32 Å². The van der Waals surface area contributed by atoms with E-state index < -0.39 is 0 Å². The van der Waals surface area contributed by atoms with Crippen molar-refractivity contribution in [2.24, 2.45) is 0 Å². The van der Waals surface area contributed by atoms with Crippen molar-refractivity contribution >= 4 is 39.1 Å². The Morgan fingerprint density at radius 1 is 1.26 bits per heavy atom. The van der Waals surface area contributed by atoms with Crippen LogP contribution in [0.15, 0.2) is 40.9 Å². The van der Waals surface area contributed by atoms with Crippen molar-refractivity contribution in [1.82, 2.24) is 0 Å². The van der Waals surface area contributed by atoms with Crippen LogP contribution in [0, 0.1) is 6.92 Å². The number of aromatic hydroxyl groups is 1. The van der Waals surface area contributed by atoms with Crippen LogP contribution in [0.4, 0.5) is 5.69 Å². The molecule has 2 aromatic carbocycles. The number of halogens is 2. The number of amides is 1. The van der Waals surface area contributed by atoms with Crippen molar-refractivity contribution in [1.29, 1.82) is 0 Å². The molecule has 0 saturated carbocycles. The maximum absolute atomic E-state index is 12.0. The summed E-state index contributed by atoms with van der Waals surface area (Å²) in [7, 11) is 0. The lowest BCUT2D eigenvalue weighted by atomic mass is 10.2. The van der Waals surface area contributed by atoms with Crippen molar-refractivity contribution in [2.45, 2.75) is 6.92 Å². The summed E-state index contributed by atoms with van der Waals surface area (Å²) < 4.78 is 0.807. The van der Waals surface area contributed by atoms with Crippen LogP contribution < -0.4 is 5.32 Å². The molecule has 2 rings (SSSR count). The zero-order valence-corrected chi connectivity index (χ0v) is 12.4. The predicted molar refractivity (Wildman–Crippen MR) is 79.9 cm³/mol. The fourth-order valence-electron chi connectivity index (χ4n) is 1.56. The number of phenols is 1. The van der Waals surface area contributed by atoms with Crippen LogP contribution in [-0.4, -0.2) is 11.0 Å². The molecule has 0 aromatic heterocycles. The highest BCUT2D eigenvalue weighted by molar-refractivity contribution is 9.10. The van der Waals surface area contributed by atoms with Crippen LogP contribution in [0.2, 0.25) is 5.02 Å². The van der Waals surface area contributed by atoms with Gasteiger partial charge in [0.25, 0.3) is 5.91 Å². The lowest BCUT2D eigenvalue weighted by Gasteiger charge is -2.08. The zero-order valence-electron chi connectivity index (χ0n) is 10.1. The minimum atomic E-state index is -0.319. The Hall–Kier alpha value is -1.52. The van der Waals surface area contributed by atoms with Gasteiger partial charge >= 0.3 is 0 Å². The Morgan fingerprint density at radius 3 is 2.63 bits per heavy atom. The molecule has 0 aliphatic rings. The summed E-state index contributed by atoms with van der Waals surface area (Å²) in [6.07, 6.45) is 0. The van der Waals surface area contributed by atoms with Gasteiger partial charge < -0.3 is 10.4 Å². The summed E-state index contributed by atoms with van der Waals surface area (Å²) >= 11 is 9.29. The first kappa shape index (κ1) is 13.9. The molecule has 0 heterocycles. The molecule has 0 bridgehead atoms. The maximum atomic E-state index is 12.0. The standard InChI is InChI=1S/C14H11BrClNO2/c1-8-2-4-10(7-13(8)18)17-14(19)11-5-3-9(15)6-12(11)16/h2-7,18H,1H3,(H,17,19). The third-order valence-electron chi connectivity index (χ3n) is 2.64. The Kier molecular flexibility index (Phi) is 4.12. The van der Waals surface area contributed by atoms with E-state index in [1.54, 1.807) is 37.3 Å². The second-order valence-corrected chi connectivity index (χ2v) is 5.40. The first-order valence-corrected chi connectivity index (χ1v) is 6.70. The fourth-order valence-corrected chi connectivity index (χ4v) is 2.32. The van der Waals surface area contributed by atoms with Crippen molar-refractivity contribution in [3.8, 4) is 5.75 Å². The quantitative estimate of drug-likeness (QED) is 0.853. The monoisotopic (exact) mass is 339 g/mol. The highest BCUT2D eigenvalue weighted by atomic mass is 79.9. The van der Waals surface area contributed by atoms with E-state index in [4.69, 9.17) is 11.6 Å². The second kappa shape index (κ2) is 5.63. The molecule has 0 saturated heterocycles. The van der Waals surface area contributed by atoms with Crippen LogP contribution in [0.25, 0.3) is 0 Å². The van der Waals surface area contributed by atoms with Crippen molar-refractivity contribution < 1.29 is 9.90 Å². The number of rotatable bonds is 2. The lowest BCUT2D eigenvalue weighted by Crippen LogP contribution is -2.12. The third-order valence-corrected chi connectivity index (χ3v) is 3.45. The summed E-state index contributed by atoms with van der Waals surface area (Å²) in [4.78, 5) is 12.0. The SMILES string of the molecule is Cc1ccc(NC(=O)c2ccc(Br)cc2Cl)cc1O. The molecule has 5 heteroatoms. The van der Waals surface area contributed by atoms with Gasteiger partial charge in [-0.3, -0.25) is 4.79 Å². The molecule has 0 unspecified atom stereocenters. The Balaban J connectivity index is 2.23.